The zero-order chi connectivity index (χ0) is 14.9. The predicted molar refractivity (Wildman–Crippen MR) is 86.3 cm³/mol. The number of carbonyl (C=O) groups is 1. The van der Waals surface area contributed by atoms with Crippen LogP contribution in [0, 0.1) is 0 Å². The summed E-state index contributed by atoms with van der Waals surface area (Å²) in [4.78, 5) is 16.8. The normalized spacial score (nSPS) is 18.5. The standard InChI is InChI=1S/C16H18N4OS/c21-16(15-18-17-11-22-15)19-8-6-13(7-9-19)20-10-5-12-3-1-2-4-14(12)20/h1-4,11,13H,5-10H2. The molecule has 114 valence electrons. The Bertz CT molecular complexity index is 665. The van der Waals surface area contributed by atoms with E-state index in [2.05, 4.69) is 39.4 Å². The number of likely N-dealkylation sites (tertiary alicyclic amines) is 1. The van der Waals surface area contributed by atoms with E-state index >= 15 is 0 Å². The van der Waals surface area contributed by atoms with E-state index in [9.17, 15) is 4.79 Å². The van der Waals surface area contributed by atoms with Gasteiger partial charge >= 0.3 is 0 Å². The summed E-state index contributed by atoms with van der Waals surface area (Å²) in [6, 6.07) is 9.23. The fourth-order valence-electron chi connectivity index (χ4n) is 3.53. The van der Waals surface area contributed by atoms with Gasteiger partial charge in [0, 0.05) is 31.4 Å². The third-order valence-electron chi connectivity index (χ3n) is 4.66. The molecule has 0 saturated carbocycles. The van der Waals surface area contributed by atoms with Crippen molar-refractivity contribution in [1.29, 1.82) is 0 Å². The van der Waals surface area contributed by atoms with Crippen LogP contribution in [0.2, 0.25) is 0 Å². The fourth-order valence-corrected chi connectivity index (χ4v) is 4.04. The van der Waals surface area contributed by atoms with Gasteiger partial charge in [-0.25, -0.2) is 0 Å². The van der Waals surface area contributed by atoms with Crippen LogP contribution in [0.1, 0.15) is 28.2 Å². The minimum atomic E-state index is 0.0303. The van der Waals surface area contributed by atoms with Gasteiger partial charge in [-0.3, -0.25) is 4.79 Å². The van der Waals surface area contributed by atoms with Gasteiger partial charge in [0.05, 0.1) is 0 Å². The van der Waals surface area contributed by atoms with E-state index in [0.29, 0.717) is 11.0 Å². The topological polar surface area (TPSA) is 49.3 Å². The second-order valence-electron chi connectivity index (χ2n) is 5.84. The third-order valence-corrected chi connectivity index (χ3v) is 5.34. The van der Waals surface area contributed by atoms with Crippen molar-refractivity contribution in [3.05, 3.63) is 40.3 Å². The van der Waals surface area contributed by atoms with Gasteiger partial charge in [-0.1, -0.05) is 29.5 Å². The number of carbonyl (C=O) groups excluding carboxylic acids is 1. The summed E-state index contributed by atoms with van der Waals surface area (Å²) in [6.07, 6.45) is 3.19. The summed E-state index contributed by atoms with van der Waals surface area (Å²) in [5.74, 6) is 0.0303. The summed E-state index contributed by atoms with van der Waals surface area (Å²) in [5.41, 5.74) is 4.45. The monoisotopic (exact) mass is 314 g/mol. The Balaban J connectivity index is 1.42. The van der Waals surface area contributed by atoms with Crippen molar-refractivity contribution < 1.29 is 4.79 Å². The second-order valence-corrected chi connectivity index (χ2v) is 6.67. The molecule has 1 fully saturated rings. The molecule has 3 heterocycles. The maximum Gasteiger partial charge on any atom is 0.284 e. The highest BCUT2D eigenvalue weighted by Gasteiger charge is 2.31. The van der Waals surface area contributed by atoms with E-state index in [4.69, 9.17) is 0 Å². The van der Waals surface area contributed by atoms with E-state index in [-0.39, 0.29) is 5.91 Å². The SMILES string of the molecule is O=C(c1nncs1)N1CCC(N2CCc3ccccc32)CC1. The summed E-state index contributed by atoms with van der Waals surface area (Å²) >= 11 is 1.32. The number of hydrogen-bond acceptors (Lipinski definition) is 5. The van der Waals surface area contributed by atoms with E-state index in [1.807, 2.05) is 4.90 Å². The van der Waals surface area contributed by atoms with Crippen LogP contribution in [0.5, 0.6) is 0 Å². The molecule has 0 atom stereocenters. The van der Waals surface area contributed by atoms with Gasteiger partial charge in [0.2, 0.25) is 5.01 Å². The minimum Gasteiger partial charge on any atom is -0.368 e. The number of para-hydroxylation sites is 1. The van der Waals surface area contributed by atoms with E-state index in [0.717, 1.165) is 38.9 Å². The largest absolute Gasteiger partial charge is 0.368 e. The second kappa shape index (κ2) is 5.68. The van der Waals surface area contributed by atoms with Crippen molar-refractivity contribution in [3.63, 3.8) is 0 Å². The summed E-state index contributed by atoms with van der Waals surface area (Å²) < 4.78 is 0. The van der Waals surface area contributed by atoms with Gasteiger partial charge in [0.25, 0.3) is 5.91 Å². The number of rotatable bonds is 2. The molecule has 0 aliphatic carbocycles. The first-order valence-electron chi connectivity index (χ1n) is 7.73. The summed E-state index contributed by atoms with van der Waals surface area (Å²) in [7, 11) is 0. The average Bonchev–Trinajstić information content (AvgIpc) is 3.24. The Morgan fingerprint density at radius 3 is 2.77 bits per heavy atom. The van der Waals surface area contributed by atoms with Gasteiger partial charge in [-0.05, 0) is 30.9 Å². The Kier molecular flexibility index (Phi) is 3.54. The number of benzene rings is 1. The zero-order valence-electron chi connectivity index (χ0n) is 12.3. The van der Waals surface area contributed by atoms with Gasteiger partial charge < -0.3 is 9.80 Å². The Morgan fingerprint density at radius 2 is 2.00 bits per heavy atom. The lowest BCUT2D eigenvalue weighted by molar-refractivity contribution is 0.0711. The number of anilines is 1. The molecule has 1 aromatic carbocycles. The van der Waals surface area contributed by atoms with Crippen LogP contribution in [-0.2, 0) is 6.42 Å². The molecule has 1 saturated heterocycles. The molecule has 22 heavy (non-hydrogen) atoms. The van der Waals surface area contributed by atoms with Crippen LogP contribution in [0.25, 0.3) is 0 Å². The van der Waals surface area contributed by atoms with E-state index in [1.165, 1.54) is 22.6 Å². The quantitative estimate of drug-likeness (QED) is 0.853. The molecular weight excluding hydrogens is 296 g/mol. The number of fused-ring (bicyclic) bond motifs is 1. The molecule has 6 heteroatoms. The molecule has 0 spiro atoms. The molecule has 1 amide bonds. The Morgan fingerprint density at radius 1 is 1.18 bits per heavy atom. The van der Waals surface area contributed by atoms with Crippen molar-refractivity contribution in [2.45, 2.75) is 25.3 Å². The number of piperidine rings is 1. The average molecular weight is 314 g/mol. The Hall–Kier alpha value is -1.95. The molecule has 0 radical (unpaired) electrons. The number of hydrogen-bond donors (Lipinski definition) is 0. The van der Waals surface area contributed by atoms with Gasteiger partial charge in [-0.2, -0.15) is 0 Å². The molecule has 1 aromatic heterocycles. The number of amides is 1. The molecule has 2 aliphatic rings. The highest BCUT2D eigenvalue weighted by molar-refractivity contribution is 7.11. The number of nitrogens with zero attached hydrogens (tertiary/aromatic N) is 4. The van der Waals surface area contributed by atoms with Crippen molar-refractivity contribution in [1.82, 2.24) is 15.1 Å². The smallest absolute Gasteiger partial charge is 0.284 e. The molecule has 0 bridgehead atoms. The number of aromatic nitrogens is 2. The summed E-state index contributed by atoms with van der Waals surface area (Å²) in [6.45, 7) is 2.72. The van der Waals surface area contributed by atoms with Gasteiger partial charge in [0.1, 0.15) is 5.51 Å². The highest BCUT2D eigenvalue weighted by atomic mass is 32.1. The molecule has 2 aliphatic heterocycles. The first-order valence-corrected chi connectivity index (χ1v) is 8.61. The highest BCUT2D eigenvalue weighted by Crippen LogP contribution is 2.32. The molecule has 0 N–H and O–H groups in total. The van der Waals surface area contributed by atoms with Crippen LogP contribution in [0.15, 0.2) is 29.8 Å². The molecular formula is C16H18N4OS. The van der Waals surface area contributed by atoms with Crippen molar-refractivity contribution >= 4 is 22.9 Å². The molecule has 4 rings (SSSR count). The molecule has 5 nitrogen and oxygen atoms in total. The van der Waals surface area contributed by atoms with E-state index in [1.54, 1.807) is 5.51 Å². The van der Waals surface area contributed by atoms with Crippen molar-refractivity contribution in [2.24, 2.45) is 0 Å². The van der Waals surface area contributed by atoms with Gasteiger partial charge in [-0.15, -0.1) is 10.2 Å². The zero-order valence-corrected chi connectivity index (χ0v) is 13.1. The maximum absolute atomic E-state index is 12.3. The lowest BCUT2D eigenvalue weighted by Gasteiger charge is -2.37. The van der Waals surface area contributed by atoms with Crippen LogP contribution >= 0.6 is 11.3 Å². The predicted octanol–water partition coefficient (Wildman–Crippen LogP) is 2.21. The summed E-state index contributed by atoms with van der Waals surface area (Å²) in [5, 5.41) is 8.14. The third kappa shape index (κ3) is 2.37. The van der Waals surface area contributed by atoms with Crippen LogP contribution in [0.4, 0.5) is 5.69 Å². The van der Waals surface area contributed by atoms with Gasteiger partial charge in [0.15, 0.2) is 0 Å². The first-order chi connectivity index (χ1) is 10.8. The first kappa shape index (κ1) is 13.7. The lowest BCUT2D eigenvalue weighted by atomic mass is 10.0. The fraction of sp³-hybridized carbons (Fsp3) is 0.438. The molecule has 2 aromatic rings. The maximum atomic E-state index is 12.3. The van der Waals surface area contributed by atoms with Crippen molar-refractivity contribution in [2.75, 3.05) is 24.5 Å². The van der Waals surface area contributed by atoms with Crippen LogP contribution in [-0.4, -0.2) is 46.7 Å². The van der Waals surface area contributed by atoms with E-state index < -0.39 is 0 Å². The van der Waals surface area contributed by atoms with Crippen LogP contribution in [0.3, 0.4) is 0 Å². The van der Waals surface area contributed by atoms with Crippen LogP contribution < -0.4 is 4.90 Å². The minimum absolute atomic E-state index is 0.0303. The van der Waals surface area contributed by atoms with Crippen molar-refractivity contribution in [3.8, 4) is 0 Å². The lowest BCUT2D eigenvalue weighted by Crippen LogP contribution is -2.46. The molecule has 0 unspecified atom stereocenters. The Labute approximate surface area is 133 Å².